The smallest absolute Gasteiger partial charge is 0.143 e. The molecule has 2 nitrogen and oxygen atoms in total. The van der Waals surface area contributed by atoms with Crippen LogP contribution in [0, 0.1) is 0 Å². The summed E-state index contributed by atoms with van der Waals surface area (Å²) in [6.07, 6.45) is 0. The van der Waals surface area contributed by atoms with Crippen molar-refractivity contribution in [1.82, 2.24) is 0 Å². The van der Waals surface area contributed by atoms with Gasteiger partial charge in [-0.1, -0.05) is 155 Å². The first kappa shape index (κ1) is 32.8. The normalized spacial score (nSPS) is 14.4. The topological polar surface area (TPSA) is 16.4 Å². The van der Waals surface area contributed by atoms with Gasteiger partial charge in [-0.05, 0) is 110 Å². The van der Waals surface area contributed by atoms with E-state index in [1.807, 2.05) is 0 Å². The lowest BCUT2D eigenvalue weighted by Crippen LogP contribution is -2.17. The van der Waals surface area contributed by atoms with Crippen LogP contribution in [0.1, 0.15) is 49.9 Å². The van der Waals surface area contributed by atoms with Crippen LogP contribution in [-0.4, -0.2) is 0 Å². The Kier molecular flexibility index (Phi) is 6.98. The van der Waals surface area contributed by atoms with Crippen LogP contribution < -0.4 is 4.90 Å². The lowest BCUT2D eigenvalue weighted by molar-refractivity contribution is 0.653. The van der Waals surface area contributed by atoms with Gasteiger partial charge in [0.25, 0.3) is 0 Å². The highest BCUT2D eigenvalue weighted by atomic mass is 16.3. The quantitative estimate of drug-likeness (QED) is 0.176. The Labute approximate surface area is 328 Å². The van der Waals surface area contributed by atoms with Gasteiger partial charge in [0.05, 0.1) is 0 Å². The first-order valence-corrected chi connectivity index (χ1v) is 19.7. The average Bonchev–Trinajstić information content (AvgIpc) is 3.81. The van der Waals surface area contributed by atoms with E-state index >= 15 is 0 Å². The Morgan fingerprint density at radius 2 is 0.946 bits per heavy atom. The first-order valence-electron chi connectivity index (χ1n) is 19.7. The molecule has 0 N–H and O–H groups in total. The molecule has 9 aromatic rings. The number of nitrogens with zero attached hydrogens (tertiary/aromatic N) is 1. The Bertz CT molecular complexity index is 2960. The summed E-state index contributed by atoms with van der Waals surface area (Å²) < 4.78 is 6.73. The summed E-state index contributed by atoms with van der Waals surface area (Å²) in [5.41, 5.74) is 20.1. The molecule has 268 valence electrons. The molecule has 0 bridgehead atoms. The van der Waals surface area contributed by atoms with Gasteiger partial charge < -0.3 is 9.32 Å². The van der Waals surface area contributed by atoms with Crippen molar-refractivity contribution in [1.29, 1.82) is 0 Å². The predicted molar refractivity (Wildman–Crippen MR) is 234 cm³/mol. The van der Waals surface area contributed by atoms with Gasteiger partial charge in [0.15, 0.2) is 0 Å². The molecule has 0 atom stereocenters. The highest BCUT2D eigenvalue weighted by Crippen LogP contribution is 2.55. The second-order valence-electron chi connectivity index (χ2n) is 16.6. The van der Waals surface area contributed by atoms with Crippen LogP contribution in [0.5, 0.6) is 0 Å². The van der Waals surface area contributed by atoms with E-state index in [9.17, 15) is 0 Å². The number of rotatable bonds is 5. The zero-order valence-electron chi connectivity index (χ0n) is 32.1. The minimum absolute atomic E-state index is 0.136. The van der Waals surface area contributed by atoms with Crippen LogP contribution in [-0.2, 0) is 10.8 Å². The van der Waals surface area contributed by atoms with Gasteiger partial charge in [-0.15, -0.1) is 0 Å². The average molecular weight is 720 g/mol. The molecule has 2 heteroatoms. The first-order chi connectivity index (χ1) is 27.3. The van der Waals surface area contributed by atoms with Crippen LogP contribution in [0.4, 0.5) is 17.1 Å². The molecule has 2 aliphatic carbocycles. The van der Waals surface area contributed by atoms with E-state index in [1.54, 1.807) is 0 Å². The lowest BCUT2D eigenvalue weighted by atomic mass is 9.82. The number of fused-ring (bicyclic) bond motifs is 10. The third-order valence-electron chi connectivity index (χ3n) is 12.6. The highest BCUT2D eigenvalue weighted by Gasteiger charge is 2.39. The minimum Gasteiger partial charge on any atom is -0.455 e. The van der Waals surface area contributed by atoms with E-state index in [1.165, 1.54) is 66.8 Å². The van der Waals surface area contributed by atoms with Gasteiger partial charge in [-0.3, -0.25) is 0 Å². The van der Waals surface area contributed by atoms with Crippen LogP contribution in [0.2, 0.25) is 0 Å². The summed E-state index contributed by atoms with van der Waals surface area (Å²) in [5.74, 6) is 0. The molecular formula is C54H41NO. The molecule has 0 aliphatic heterocycles. The maximum Gasteiger partial charge on any atom is 0.143 e. The van der Waals surface area contributed by atoms with Crippen LogP contribution in [0.3, 0.4) is 0 Å². The molecule has 0 radical (unpaired) electrons. The Hall–Kier alpha value is -6.64. The second kappa shape index (κ2) is 11.9. The molecule has 56 heavy (non-hydrogen) atoms. The fraction of sp³-hybridized carbons (Fsp3) is 0.111. The minimum atomic E-state index is -0.182. The molecule has 0 saturated heterocycles. The molecule has 1 heterocycles. The van der Waals surface area contributed by atoms with Gasteiger partial charge in [-0.25, -0.2) is 0 Å². The van der Waals surface area contributed by atoms with Gasteiger partial charge in [0.1, 0.15) is 11.2 Å². The number of hydrogen-bond acceptors (Lipinski definition) is 2. The molecule has 0 unspecified atom stereocenters. The lowest BCUT2D eigenvalue weighted by Gasteiger charge is -2.30. The maximum absolute atomic E-state index is 6.73. The molecule has 0 spiro atoms. The summed E-state index contributed by atoms with van der Waals surface area (Å²) in [6, 6.07) is 64.6. The van der Waals surface area contributed by atoms with Crippen molar-refractivity contribution in [2.24, 2.45) is 0 Å². The number of furan rings is 1. The summed E-state index contributed by atoms with van der Waals surface area (Å²) in [6.45, 7) is 9.42. The molecule has 0 amide bonds. The molecule has 1 aromatic heterocycles. The molecule has 2 aliphatic rings. The summed E-state index contributed by atoms with van der Waals surface area (Å²) in [5, 5.41) is 2.32. The van der Waals surface area contributed by atoms with Crippen LogP contribution >= 0.6 is 0 Å². The Morgan fingerprint density at radius 3 is 1.70 bits per heavy atom. The van der Waals surface area contributed by atoms with Crippen LogP contribution in [0.25, 0.3) is 66.4 Å². The zero-order chi connectivity index (χ0) is 37.8. The van der Waals surface area contributed by atoms with E-state index in [0.717, 1.165) is 39.0 Å². The number of benzene rings is 8. The van der Waals surface area contributed by atoms with E-state index in [0.29, 0.717) is 0 Å². The largest absolute Gasteiger partial charge is 0.455 e. The fourth-order valence-corrected chi connectivity index (χ4v) is 9.76. The standard InChI is InChI=1S/C54H41NO/c1-53(2)47-27-24-38(32-45(47)51-48(53)28-26-44-43-20-12-14-22-50(43)56-52(44)51)55(39-23-25-42-41-19-11-13-21-46(41)54(3,4)49(42)33-39)40-30-36(34-15-7-5-8-16-34)29-37(31-40)35-17-9-6-10-18-35/h5-33H,1-4H3. The molecular weight excluding hydrogens is 679 g/mol. The van der Waals surface area contributed by atoms with Crippen molar-refractivity contribution < 1.29 is 4.42 Å². The third-order valence-corrected chi connectivity index (χ3v) is 12.6. The summed E-state index contributed by atoms with van der Waals surface area (Å²) in [4.78, 5) is 2.47. The predicted octanol–water partition coefficient (Wildman–Crippen LogP) is 15.0. The van der Waals surface area contributed by atoms with E-state index in [2.05, 4.69) is 209 Å². The summed E-state index contributed by atoms with van der Waals surface area (Å²) in [7, 11) is 0. The van der Waals surface area contributed by atoms with Gasteiger partial charge in [0.2, 0.25) is 0 Å². The number of hydrogen-bond donors (Lipinski definition) is 0. The monoisotopic (exact) mass is 719 g/mol. The highest BCUT2D eigenvalue weighted by molar-refractivity contribution is 6.12. The fourth-order valence-electron chi connectivity index (χ4n) is 9.76. The van der Waals surface area contributed by atoms with E-state index < -0.39 is 0 Å². The van der Waals surface area contributed by atoms with Crippen molar-refractivity contribution >= 4 is 39.0 Å². The second-order valence-corrected chi connectivity index (χ2v) is 16.6. The SMILES string of the molecule is CC1(C)c2ccccc2-c2ccc(N(c3cc(-c4ccccc4)cc(-c4ccccc4)c3)c3ccc4c(c3)-c3c(ccc5c3oc3ccccc35)C4(C)C)cc21. The van der Waals surface area contributed by atoms with Crippen molar-refractivity contribution in [2.45, 2.75) is 38.5 Å². The maximum atomic E-state index is 6.73. The summed E-state index contributed by atoms with van der Waals surface area (Å²) >= 11 is 0. The molecule has 0 saturated carbocycles. The van der Waals surface area contributed by atoms with Gasteiger partial charge in [0, 0.05) is 44.2 Å². The van der Waals surface area contributed by atoms with Crippen molar-refractivity contribution in [3.8, 4) is 44.5 Å². The number of para-hydroxylation sites is 1. The van der Waals surface area contributed by atoms with Crippen LogP contribution in [0.15, 0.2) is 180 Å². The van der Waals surface area contributed by atoms with Crippen molar-refractivity contribution in [3.63, 3.8) is 0 Å². The molecule has 11 rings (SSSR count). The van der Waals surface area contributed by atoms with Crippen molar-refractivity contribution in [2.75, 3.05) is 4.90 Å². The van der Waals surface area contributed by atoms with Crippen molar-refractivity contribution in [3.05, 3.63) is 198 Å². The zero-order valence-corrected chi connectivity index (χ0v) is 32.1. The Balaban J connectivity index is 1.18. The third kappa shape index (κ3) is 4.75. The Morgan fingerprint density at radius 1 is 0.375 bits per heavy atom. The molecule has 0 fully saturated rings. The number of anilines is 3. The van der Waals surface area contributed by atoms with Gasteiger partial charge in [-0.2, -0.15) is 0 Å². The molecule has 8 aromatic carbocycles. The van der Waals surface area contributed by atoms with E-state index in [-0.39, 0.29) is 10.8 Å². The van der Waals surface area contributed by atoms with Gasteiger partial charge >= 0.3 is 0 Å². The van der Waals surface area contributed by atoms with E-state index in [4.69, 9.17) is 4.42 Å².